The Morgan fingerprint density at radius 1 is 1.35 bits per heavy atom. The average molecular weight is 356 g/mol. The number of likely N-dealkylation sites (tertiary alicyclic amines) is 1. The Morgan fingerprint density at radius 2 is 2.08 bits per heavy atom. The van der Waals surface area contributed by atoms with Crippen molar-refractivity contribution in [3.63, 3.8) is 0 Å². The lowest BCUT2D eigenvalue weighted by Gasteiger charge is -2.40. The fraction of sp³-hybridized carbons (Fsp3) is 0.500. The summed E-state index contributed by atoms with van der Waals surface area (Å²) in [5.74, 6) is 0.0595. The van der Waals surface area contributed by atoms with E-state index in [0.29, 0.717) is 18.0 Å². The zero-order valence-electron chi connectivity index (χ0n) is 15.7. The number of aliphatic hydroxyl groups is 1. The van der Waals surface area contributed by atoms with Crippen molar-refractivity contribution in [1.29, 1.82) is 0 Å². The molecule has 0 radical (unpaired) electrons. The van der Waals surface area contributed by atoms with Gasteiger partial charge in [-0.1, -0.05) is 30.3 Å². The summed E-state index contributed by atoms with van der Waals surface area (Å²) in [6.45, 7) is 1.66. The molecule has 1 aliphatic heterocycles. The van der Waals surface area contributed by atoms with Crippen molar-refractivity contribution >= 4 is 5.91 Å². The predicted molar refractivity (Wildman–Crippen MR) is 100 cm³/mol. The smallest absolute Gasteiger partial charge is 0.255 e. The number of nitrogens with zero attached hydrogens (tertiary/aromatic N) is 4. The van der Waals surface area contributed by atoms with Crippen LogP contribution < -0.4 is 0 Å². The number of benzene rings is 1. The molecule has 1 aromatic heterocycles. The van der Waals surface area contributed by atoms with Gasteiger partial charge >= 0.3 is 0 Å². The molecule has 6 heteroatoms. The molecule has 0 aliphatic carbocycles. The fourth-order valence-corrected chi connectivity index (χ4v) is 4.00. The van der Waals surface area contributed by atoms with E-state index in [0.717, 1.165) is 19.4 Å². The highest BCUT2D eigenvalue weighted by Gasteiger charge is 2.33. The van der Waals surface area contributed by atoms with Crippen molar-refractivity contribution in [2.75, 3.05) is 27.2 Å². The summed E-state index contributed by atoms with van der Waals surface area (Å²) in [6, 6.07) is 9.34. The topological polar surface area (TPSA) is 61.6 Å². The highest BCUT2D eigenvalue weighted by atomic mass is 16.3. The molecule has 26 heavy (non-hydrogen) atoms. The van der Waals surface area contributed by atoms with E-state index in [1.54, 1.807) is 24.1 Å². The molecule has 2 aromatic rings. The van der Waals surface area contributed by atoms with E-state index in [-0.39, 0.29) is 11.9 Å². The van der Waals surface area contributed by atoms with E-state index >= 15 is 0 Å². The van der Waals surface area contributed by atoms with E-state index in [4.69, 9.17) is 0 Å². The zero-order chi connectivity index (χ0) is 18.7. The van der Waals surface area contributed by atoms with Crippen molar-refractivity contribution in [3.8, 4) is 0 Å². The Labute approximate surface area is 155 Å². The van der Waals surface area contributed by atoms with Gasteiger partial charge in [-0.05, 0) is 37.9 Å². The molecule has 1 fully saturated rings. The summed E-state index contributed by atoms with van der Waals surface area (Å²) >= 11 is 0. The molecule has 0 bridgehead atoms. The van der Waals surface area contributed by atoms with Crippen LogP contribution in [0.25, 0.3) is 0 Å². The first-order valence-electron chi connectivity index (χ1n) is 9.14. The van der Waals surface area contributed by atoms with Crippen LogP contribution in [0.4, 0.5) is 0 Å². The minimum absolute atomic E-state index is 0.238. The molecule has 1 aromatic carbocycles. The van der Waals surface area contributed by atoms with Crippen LogP contribution in [0.15, 0.2) is 42.7 Å². The number of carbonyl (C=O) groups excluding carboxylic acids is 1. The molecule has 3 atom stereocenters. The summed E-state index contributed by atoms with van der Waals surface area (Å²) in [4.78, 5) is 16.7. The van der Waals surface area contributed by atoms with Gasteiger partial charge < -0.3 is 10.0 Å². The maximum absolute atomic E-state index is 12.7. The third-order valence-electron chi connectivity index (χ3n) is 5.31. The molecule has 1 N–H and O–H groups in total. The Kier molecular flexibility index (Phi) is 5.74. The quantitative estimate of drug-likeness (QED) is 0.890. The number of aryl methyl sites for hydroxylation is 1. The third kappa shape index (κ3) is 3.97. The summed E-state index contributed by atoms with van der Waals surface area (Å²) in [5, 5.41) is 14.7. The minimum atomic E-state index is -1.11. The Bertz CT molecular complexity index is 730. The van der Waals surface area contributed by atoms with E-state index < -0.39 is 6.10 Å². The lowest BCUT2D eigenvalue weighted by Crippen LogP contribution is -2.43. The van der Waals surface area contributed by atoms with Crippen LogP contribution in [0.3, 0.4) is 0 Å². The molecule has 6 nitrogen and oxygen atoms in total. The van der Waals surface area contributed by atoms with Gasteiger partial charge in [0.05, 0.1) is 6.20 Å². The van der Waals surface area contributed by atoms with Crippen LogP contribution in [0, 0.1) is 5.92 Å². The van der Waals surface area contributed by atoms with Gasteiger partial charge in [-0.2, -0.15) is 5.10 Å². The van der Waals surface area contributed by atoms with Crippen molar-refractivity contribution in [1.82, 2.24) is 19.6 Å². The molecular formula is C20H28N4O2. The van der Waals surface area contributed by atoms with E-state index in [1.807, 2.05) is 36.1 Å². The van der Waals surface area contributed by atoms with Gasteiger partial charge in [0.15, 0.2) is 6.10 Å². The van der Waals surface area contributed by atoms with Gasteiger partial charge in [0.25, 0.3) is 5.91 Å². The molecule has 0 saturated carbocycles. The average Bonchev–Trinajstić information content (AvgIpc) is 3.07. The number of aliphatic hydroxyl groups excluding tert-OH is 1. The third-order valence-corrected chi connectivity index (χ3v) is 5.31. The monoisotopic (exact) mass is 356 g/mol. The van der Waals surface area contributed by atoms with Crippen LogP contribution >= 0.6 is 0 Å². The van der Waals surface area contributed by atoms with Crippen molar-refractivity contribution in [3.05, 3.63) is 53.9 Å². The van der Waals surface area contributed by atoms with Crippen molar-refractivity contribution in [2.45, 2.75) is 25.0 Å². The summed E-state index contributed by atoms with van der Waals surface area (Å²) < 4.78 is 1.82. The van der Waals surface area contributed by atoms with E-state index in [9.17, 15) is 9.90 Å². The number of piperidine rings is 1. The number of amides is 1. The number of aromatic nitrogens is 2. The standard InChI is InChI=1S/C20H28N4O2/c1-22-11-7-10-16(18(22)17-12-21-24(3)14-17)13-23(2)20(26)19(25)15-8-5-4-6-9-15/h4-6,8-9,12,14,16,18-19,25H,7,10-11,13H2,1-3H3/t16-,18+,19+/m0/s1. The predicted octanol–water partition coefficient (Wildman–Crippen LogP) is 1.99. The highest BCUT2D eigenvalue weighted by molar-refractivity contribution is 5.81. The van der Waals surface area contributed by atoms with Gasteiger partial charge in [-0.25, -0.2) is 0 Å². The summed E-state index contributed by atoms with van der Waals surface area (Å²) in [7, 11) is 5.83. The second kappa shape index (κ2) is 8.01. The van der Waals surface area contributed by atoms with Gasteiger partial charge in [-0.3, -0.25) is 14.4 Å². The number of carbonyl (C=O) groups is 1. The lowest BCUT2D eigenvalue weighted by atomic mass is 9.85. The second-order valence-electron chi connectivity index (χ2n) is 7.31. The summed E-state index contributed by atoms with van der Waals surface area (Å²) in [5.41, 5.74) is 1.82. The van der Waals surface area contributed by atoms with Crippen LogP contribution in [-0.2, 0) is 11.8 Å². The van der Waals surface area contributed by atoms with E-state index in [1.165, 1.54) is 5.56 Å². The van der Waals surface area contributed by atoms with Gasteiger partial charge in [0.2, 0.25) is 0 Å². The molecule has 2 heterocycles. The van der Waals surface area contributed by atoms with Crippen LogP contribution in [0.2, 0.25) is 0 Å². The molecule has 1 aliphatic rings. The lowest BCUT2D eigenvalue weighted by molar-refractivity contribution is -0.140. The van der Waals surface area contributed by atoms with E-state index in [2.05, 4.69) is 23.2 Å². The highest BCUT2D eigenvalue weighted by Crippen LogP contribution is 2.35. The normalized spacial score (nSPS) is 22.2. The molecular weight excluding hydrogens is 328 g/mol. The molecule has 0 spiro atoms. The van der Waals surface area contributed by atoms with Crippen LogP contribution in [-0.4, -0.2) is 57.8 Å². The maximum atomic E-state index is 12.7. The number of likely N-dealkylation sites (N-methyl/N-ethyl adjacent to an activating group) is 1. The minimum Gasteiger partial charge on any atom is -0.378 e. The Morgan fingerprint density at radius 3 is 2.73 bits per heavy atom. The number of rotatable bonds is 5. The van der Waals surface area contributed by atoms with Gasteiger partial charge in [-0.15, -0.1) is 0 Å². The van der Waals surface area contributed by atoms with Crippen molar-refractivity contribution < 1.29 is 9.90 Å². The molecule has 1 saturated heterocycles. The number of hydrogen-bond acceptors (Lipinski definition) is 4. The molecule has 0 unspecified atom stereocenters. The van der Waals surface area contributed by atoms with Crippen molar-refractivity contribution in [2.24, 2.45) is 13.0 Å². The van der Waals surface area contributed by atoms with Crippen LogP contribution in [0.5, 0.6) is 0 Å². The first-order valence-corrected chi connectivity index (χ1v) is 9.14. The Balaban J connectivity index is 1.72. The zero-order valence-corrected chi connectivity index (χ0v) is 15.7. The summed E-state index contributed by atoms with van der Waals surface area (Å²) in [6.07, 6.45) is 5.03. The molecule has 3 rings (SSSR count). The largest absolute Gasteiger partial charge is 0.378 e. The van der Waals surface area contributed by atoms with Gasteiger partial charge in [0.1, 0.15) is 0 Å². The SMILES string of the molecule is CN(C[C@@H]1CCCN(C)[C@H]1c1cnn(C)c1)C(=O)[C@H](O)c1ccccc1. The maximum Gasteiger partial charge on any atom is 0.255 e. The van der Waals surface area contributed by atoms with Crippen LogP contribution in [0.1, 0.15) is 36.1 Å². The molecule has 1 amide bonds. The molecule has 140 valence electrons. The number of hydrogen-bond donors (Lipinski definition) is 1. The first kappa shape index (κ1) is 18.6. The second-order valence-corrected chi connectivity index (χ2v) is 7.31. The fourth-order valence-electron chi connectivity index (χ4n) is 4.00. The first-order chi connectivity index (χ1) is 12.5. The van der Waals surface area contributed by atoms with Gasteiger partial charge in [0, 0.05) is 38.4 Å². The Hall–Kier alpha value is -2.18.